The lowest BCUT2D eigenvalue weighted by Crippen LogP contribution is -2.30. The Kier molecular flexibility index (Phi) is 9.03. The number of sulfonamides is 1. The third-order valence-electron chi connectivity index (χ3n) is 5.86. The van der Waals surface area contributed by atoms with Crippen molar-refractivity contribution in [2.75, 3.05) is 31.1 Å². The summed E-state index contributed by atoms with van der Waals surface area (Å²) in [7, 11) is -3.48. The van der Waals surface area contributed by atoms with Crippen molar-refractivity contribution in [3.8, 4) is 0 Å². The van der Waals surface area contributed by atoms with Crippen LogP contribution in [0.25, 0.3) is 6.08 Å². The Hall–Kier alpha value is -2.71. The molecule has 1 N–H and O–H groups in total. The summed E-state index contributed by atoms with van der Waals surface area (Å²) in [6.07, 6.45) is 9.93. The maximum absolute atomic E-state index is 12.6. The molecule has 1 fully saturated rings. The Morgan fingerprint density at radius 1 is 1.03 bits per heavy atom. The molecule has 0 aliphatic carbocycles. The van der Waals surface area contributed by atoms with Crippen molar-refractivity contribution in [3.63, 3.8) is 0 Å². The highest BCUT2D eigenvalue weighted by atomic mass is 32.2. The number of nitrogens with zero attached hydrogens (tertiary/aromatic N) is 3. The van der Waals surface area contributed by atoms with Gasteiger partial charge < -0.3 is 10.2 Å². The van der Waals surface area contributed by atoms with E-state index in [0.717, 1.165) is 30.0 Å². The number of anilines is 1. The van der Waals surface area contributed by atoms with E-state index >= 15 is 0 Å². The van der Waals surface area contributed by atoms with Gasteiger partial charge in [0.2, 0.25) is 15.9 Å². The van der Waals surface area contributed by atoms with Gasteiger partial charge >= 0.3 is 0 Å². The number of rotatable bonds is 9. The Morgan fingerprint density at radius 3 is 2.27 bits per heavy atom. The van der Waals surface area contributed by atoms with Crippen LogP contribution in [0.4, 0.5) is 5.82 Å². The van der Waals surface area contributed by atoms with Crippen LogP contribution in [0.1, 0.15) is 50.7 Å². The predicted molar refractivity (Wildman–Crippen MR) is 132 cm³/mol. The first-order valence-corrected chi connectivity index (χ1v) is 13.1. The minimum Gasteiger partial charge on any atom is -0.357 e. The van der Waals surface area contributed by atoms with Crippen molar-refractivity contribution in [2.24, 2.45) is 0 Å². The molecule has 0 atom stereocenters. The van der Waals surface area contributed by atoms with Crippen LogP contribution in [-0.4, -0.2) is 49.8 Å². The molecule has 7 nitrogen and oxygen atoms in total. The van der Waals surface area contributed by atoms with Crippen molar-refractivity contribution in [1.29, 1.82) is 0 Å². The van der Waals surface area contributed by atoms with E-state index < -0.39 is 10.0 Å². The van der Waals surface area contributed by atoms with Crippen molar-refractivity contribution in [1.82, 2.24) is 14.6 Å². The Morgan fingerprint density at radius 2 is 1.70 bits per heavy atom. The second-order valence-electron chi connectivity index (χ2n) is 8.14. The highest BCUT2D eigenvalue weighted by Crippen LogP contribution is 2.18. The molecule has 0 saturated carbocycles. The molecule has 1 amide bonds. The van der Waals surface area contributed by atoms with Crippen LogP contribution in [0.2, 0.25) is 0 Å². The smallest absolute Gasteiger partial charge is 0.244 e. The zero-order valence-electron chi connectivity index (χ0n) is 19.5. The summed E-state index contributed by atoms with van der Waals surface area (Å²) in [6, 6.07) is 10.6. The first-order valence-electron chi connectivity index (χ1n) is 11.7. The van der Waals surface area contributed by atoms with E-state index in [0.29, 0.717) is 19.6 Å². The second-order valence-corrected chi connectivity index (χ2v) is 10.1. The summed E-state index contributed by atoms with van der Waals surface area (Å²) >= 11 is 0. The van der Waals surface area contributed by atoms with Gasteiger partial charge in [-0.25, -0.2) is 13.4 Å². The number of carbonyl (C=O) groups is 1. The largest absolute Gasteiger partial charge is 0.357 e. The van der Waals surface area contributed by atoms with Crippen LogP contribution < -0.4 is 10.2 Å². The normalized spacial score (nSPS) is 15.1. The molecule has 1 aromatic carbocycles. The van der Waals surface area contributed by atoms with Crippen molar-refractivity contribution in [2.45, 2.75) is 51.0 Å². The van der Waals surface area contributed by atoms with E-state index in [4.69, 9.17) is 0 Å². The van der Waals surface area contributed by atoms with Crippen molar-refractivity contribution < 1.29 is 13.2 Å². The average Bonchev–Trinajstić information content (AvgIpc) is 3.12. The van der Waals surface area contributed by atoms with Crippen LogP contribution in [-0.2, 0) is 21.4 Å². The fourth-order valence-electron chi connectivity index (χ4n) is 3.89. The van der Waals surface area contributed by atoms with E-state index in [-0.39, 0.29) is 10.8 Å². The molecule has 1 saturated heterocycles. The van der Waals surface area contributed by atoms with Gasteiger partial charge in [0.15, 0.2) is 0 Å². The molecule has 178 valence electrons. The van der Waals surface area contributed by atoms with E-state index in [9.17, 15) is 13.2 Å². The van der Waals surface area contributed by atoms with Crippen LogP contribution in [0.5, 0.6) is 0 Å². The molecule has 1 aliphatic rings. The maximum Gasteiger partial charge on any atom is 0.244 e. The molecular formula is C25H34N4O3S. The first kappa shape index (κ1) is 24.9. The third-order valence-corrected chi connectivity index (χ3v) is 7.92. The van der Waals surface area contributed by atoms with Gasteiger partial charge in [-0.05, 0) is 48.2 Å². The Balaban J connectivity index is 1.52. The molecule has 0 radical (unpaired) electrons. The highest BCUT2D eigenvalue weighted by Gasteiger charge is 2.21. The first-order chi connectivity index (χ1) is 15.9. The number of hydrogen-bond acceptors (Lipinski definition) is 5. The van der Waals surface area contributed by atoms with Crippen LogP contribution in [0.3, 0.4) is 0 Å². The maximum atomic E-state index is 12.6. The number of aromatic nitrogens is 1. The van der Waals surface area contributed by atoms with E-state index in [1.54, 1.807) is 30.3 Å². The fraction of sp³-hybridized carbons (Fsp3) is 0.440. The molecule has 1 aliphatic heterocycles. The van der Waals surface area contributed by atoms with Gasteiger partial charge in [-0.1, -0.05) is 44.9 Å². The van der Waals surface area contributed by atoms with Crippen molar-refractivity contribution >= 4 is 27.8 Å². The topological polar surface area (TPSA) is 82.6 Å². The minimum absolute atomic E-state index is 0.216. The quantitative estimate of drug-likeness (QED) is 0.564. The summed E-state index contributed by atoms with van der Waals surface area (Å²) in [5.41, 5.74) is 1.70. The highest BCUT2D eigenvalue weighted by molar-refractivity contribution is 7.89. The summed E-state index contributed by atoms with van der Waals surface area (Å²) in [5, 5.41) is 2.86. The minimum atomic E-state index is -3.48. The number of nitrogens with one attached hydrogen (secondary N) is 1. The summed E-state index contributed by atoms with van der Waals surface area (Å²) < 4.78 is 26.5. The van der Waals surface area contributed by atoms with Gasteiger partial charge in [-0.3, -0.25) is 4.79 Å². The standard InChI is InChI=1S/C25H34N4O3S/c1-3-29(4-2)33(31,32)23-13-9-21(10-14-23)12-16-25(30)27-20-22-11-15-24(26-19-22)28-17-7-5-6-8-18-28/h9-16,19H,3-8,17-18,20H2,1-2H3,(H,27,30)/b16-12+. The predicted octanol–water partition coefficient (Wildman–Crippen LogP) is 3.82. The fourth-order valence-corrected chi connectivity index (χ4v) is 5.35. The molecule has 0 bridgehead atoms. The van der Waals surface area contributed by atoms with Gasteiger partial charge in [-0.15, -0.1) is 0 Å². The summed E-state index contributed by atoms with van der Waals surface area (Å²) in [4.78, 5) is 19.4. The molecule has 0 spiro atoms. The van der Waals surface area contributed by atoms with Crippen LogP contribution in [0, 0.1) is 0 Å². The molecule has 2 aromatic rings. The molecule has 2 heterocycles. The third kappa shape index (κ3) is 6.88. The Bertz CT molecular complexity index is 1020. The van der Waals surface area contributed by atoms with Crippen LogP contribution in [0.15, 0.2) is 53.6 Å². The zero-order chi connectivity index (χ0) is 23.7. The lowest BCUT2D eigenvalue weighted by molar-refractivity contribution is -0.116. The number of carbonyl (C=O) groups excluding carboxylic acids is 1. The van der Waals surface area contributed by atoms with Gasteiger partial charge in [0.05, 0.1) is 4.90 Å². The number of pyridine rings is 1. The van der Waals surface area contributed by atoms with Crippen LogP contribution >= 0.6 is 0 Å². The molecular weight excluding hydrogens is 436 g/mol. The Labute approximate surface area is 197 Å². The summed E-state index contributed by atoms with van der Waals surface area (Å²) in [5.74, 6) is 0.782. The molecule has 0 unspecified atom stereocenters. The second kappa shape index (κ2) is 12.0. The van der Waals surface area contributed by atoms with Crippen molar-refractivity contribution in [3.05, 3.63) is 59.8 Å². The monoisotopic (exact) mass is 470 g/mol. The zero-order valence-corrected chi connectivity index (χ0v) is 20.4. The molecule has 33 heavy (non-hydrogen) atoms. The van der Waals surface area contributed by atoms with E-state index in [2.05, 4.69) is 15.2 Å². The summed E-state index contributed by atoms with van der Waals surface area (Å²) in [6.45, 7) is 6.99. The number of benzene rings is 1. The van der Waals surface area contributed by atoms with Gasteiger partial charge in [0.25, 0.3) is 0 Å². The van der Waals surface area contributed by atoms with Gasteiger partial charge in [0, 0.05) is 45.0 Å². The van der Waals surface area contributed by atoms with Gasteiger partial charge in [-0.2, -0.15) is 4.31 Å². The van der Waals surface area contributed by atoms with E-state index in [1.165, 1.54) is 36.1 Å². The molecule has 8 heteroatoms. The lowest BCUT2D eigenvalue weighted by atomic mass is 10.2. The molecule has 3 rings (SSSR count). The van der Waals surface area contributed by atoms with Gasteiger partial charge in [0.1, 0.15) is 5.82 Å². The SMILES string of the molecule is CCN(CC)S(=O)(=O)c1ccc(/C=C/C(=O)NCc2ccc(N3CCCCCC3)nc2)cc1. The van der Waals surface area contributed by atoms with E-state index in [1.807, 2.05) is 32.2 Å². The number of amides is 1. The average molecular weight is 471 g/mol. The lowest BCUT2D eigenvalue weighted by Gasteiger charge is -2.21. The number of hydrogen-bond donors (Lipinski definition) is 1. The molecule has 1 aromatic heterocycles.